The minimum atomic E-state index is -4.82. The van der Waals surface area contributed by atoms with E-state index in [1.54, 1.807) is 19.1 Å². The Morgan fingerprint density at radius 3 is 2.18 bits per heavy atom. The number of nitriles is 1. The number of aliphatic hydroxyl groups is 2. The van der Waals surface area contributed by atoms with E-state index in [2.05, 4.69) is 27.2 Å². The highest BCUT2D eigenvalue weighted by Crippen LogP contribution is 2.63. The van der Waals surface area contributed by atoms with Crippen LogP contribution in [0.2, 0.25) is 0 Å². The number of anilines is 1. The van der Waals surface area contributed by atoms with Crippen LogP contribution in [0.1, 0.15) is 134 Å². The molecule has 3 aromatic rings. The maximum atomic E-state index is 13.3. The number of aliphatic hydroxyl groups excluding tert-OH is 1. The first-order chi connectivity index (χ1) is 27.0. The lowest BCUT2D eigenvalue weighted by atomic mass is 9.91. The van der Waals surface area contributed by atoms with Crippen molar-refractivity contribution in [3.63, 3.8) is 0 Å². The van der Waals surface area contributed by atoms with Crippen molar-refractivity contribution in [1.29, 1.82) is 5.26 Å². The van der Waals surface area contributed by atoms with Crippen molar-refractivity contribution in [2.24, 2.45) is 0 Å². The standard InChI is InChI=1S/C39H60N7O9P/c1-3-4-5-6-7-8-9-10-11-12-13-14-15-16-17-18-24-51-27-30(23-25-52-33-22-19-29(26-40)44-45-33)54-56(49,50)55-35-34-39(35,48)37(47)38(2,53-34)32-21-20-31-36(41)42-28-43-46(31)32/h19-22,28,30,34-35,37,47-48H,3-18,23-25,27H2,1-2H3,(H,49,50)(H2,41,42,43)/t30-,34+,35?,37-,38-,39-/m0/s1. The Balaban J connectivity index is 1.03. The summed E-state index contributed by atoms with van der Waals surface area (Å²) in [6.07, 6.45) is 16.7. The summed E-state index contributed by atoms with van der Waals surface area (Å²) in [6.45, 7) is 4.30. The van der Waals surface area contributed by atoms with Crippen molar-refractivity contribution in [3.05, 3.63) is 42.0 Å². The summed E-state index contributed by atoms with van der Waals surface area (Å²) in [4.78, 5) is 14.8. The van der Waals surface area contributed by atoms with Crippen molar-refractivity contribution < 1.29 is 42.9 Å². The van der Waals surface area contributed by atoms with Gasteiger partial charge in [-0.15, -0.1) is 10.2 Å². The molecule has 1 saturated heterocycles. The third-order valence-electron chi connectivity index (χ3n) is 10.8. The largest absolute Gasteiger partial charge is 0.476 e. The summed E-state index contributed by atoms with van der Waals surface area (Å²) >= 11 is 0. The zero-order chi connectivity index (χ0) is 40.0. The van der Waals surface area contributed by atoms with Gasteiger partial charge < -0.3 is 35.1 Å². The highest BCUT2D eigenvalue weighted by molar-refractivity contribution is 7.47. The van der Waals surface area contributed by atoms with Crippen LogP contribution in [0.3, 0.4) is 0 Å². The number of nitrogens with zero attached hydrogens (tertiary/aromatic N) is 6. The molecule has 0 radical (unpaired) electrons. The molecule has 0 spiro atoms. The fourth-order valence-electron chi connectivity index (χ4n) is 7.48. The van der Waals surface area contributed by atoms with Gasteiger partial charge in [0, 0.05) is 19.1 Å². The van der Waals surface area contributed by atoms with Gasteiger partial charge in [0.15, 0.2) is 17.1 Å². The number of ether oxygens (including phenoxy) is 3. The van der Waals surface area contributed by atoms with E-state index in [4.69, 9.17) is 34.3 Å². The zero-order valence-corrected chi connectivity index (χ0v) is 33.7. The Morgan fingerprint density at radius 1 is 0.964 bits per heavy atom. The molecule has 310 valence electrons. The average molecular weight is 802 g/mol. The summed E-state index contributed by atoms with van der Waals surface area (Å²) in [7, 11) is -4.82. The van der Waals surface area contributed by atoms with Crippen molar-refractivity contribution in [1.82, 2.24) is 24.8 Å². The SMILES string of the molecule is CCCCCCCCCCCCCCCCCCOC[C@H](CCOc1ccc(C#N)nn1)OP(=O)(O)OC1[C@H]2O[C@@](C)(c3ccc4c(N)ncnn34)[C@H](O)[C@@]12O. The summed E-state index contributed by atoms with van der Waals surface area (Å²) < 4.78 is 43.4. The molecular weight excluding hydrogens is 741 g/mol. The molecule has 4 heterocycles. The van der Waals surface area contributed by atoms with E-state index in [-0.39, 0.29) is 37.0 Å². The molecule has 1 saturated carbocycles. The van der Waals surface area contributed by atoms with E-state index in [1.165, 1.54) is 106 Å². The van der Waals surface area contributed by atoms with Crippen LogP contribution in [-0.2, 0) is 28.7 Å². The van der Waals surface area contributed by atoms with E-state index in [0.29, 0.717) is 17.8 Å². The number of fused-ring (bicyclic) bond motifs is 2. The monoisotopic (exact) mass is 801 g/mol. The lowest BCUT2D eigenvalue weighted by Gasteiger charge is -2.32. The van der Waals surface area contributed by atoms with Gasteiger partial charge in [0.2, 0.25) is 5.88 Å². The molecule has 2 fully saturated rings. The number of aromatic nitrogens is 5. The lowest BCUT2D eigenvalue weighted by molar-refractivity contribution is -0.127. The lowest BCUT2D eigenvalue weighted by Crippen LogP contribution is -2.46. The first-order valence-electron chi connectivity index (χ1n) is 20.3. The molecule has 1 aliphatic heterocycles. The van der Waals surface area contributed by atoms with Gasteiger partial charge >= 0.3 is 7.82 Å². The second-order valence-corrected chi connectivity index (χ2v) is 16.6. The summed E-state index contributed by atoms with van der Waals surface area (Å²) in [5, 5.41) is 43.5. The summed E-state index contributed by atoms with van der Waals surface area (Å²) in [5.41, 5.74) is 3.57. The molecule has 17 heteroatoms. The van der Waals surface area contributed by atoms with Gasteiger partial charge in [-0.05, 0) is 31.5 Å². The first-order valence-corrected chi connectivity index (χ1v) is 21.8. The molecule has 2 aliphatic rings. The zero-order valence-electron chi connectivity index (χ0n) is 32.8. The Morgan fingerprint density at radius 2 is 1.61 bits per heavy atom. The van der Waals surface area contributed by atoms with Crippen LogP contribution < -0.4 is 10.5 Å². The molecular formula is C39H60N7O9P. The molecule has 5 N–H and O–H groups in total. The minimum absolute atomic E-state index is 0.0170. The molecule has 16 nitrogen and oxygen atoms in total. The molecule has 5 rings (SSSR count). The van der Waals surface area contributed by atoms with Crippen molar-refractivity contribution in [3.8, 4) is 11.9 Å². The molecule has 2 unspecified atom stereocenters. The first kappa shape index (κ1) is 43.9. The van der Waals surface area contributed by atoms with Crippen LogP contribution >= 0.6 is 7.82 Å². The maximum Gasteiger partial charge on any atom is 0.473 e. The van der Waals surface area contributed by atoms with E-state index in [0.717, 1.165) is 19.3 Å². The third-order valence-corrected chi connectivity index (χ3v) is 11.9. The van der Waals surface area contributed by atoms with E-state index < -0.39 is 43.4 Å². The predicted molar refractivity (Wildman–Crippen MR) is 207 cm³/mol. The quantitative estimate of drug-likeness (QED) is 0.0466. The van der Waals surface area contributed by atoms with Gasteiger partial charge in [-0.25, -0.2) is 14.1 Å². The van der Waals surface area contributed by atoms with Gasteiger partial charge in [0.05, 0.1) is 25.0 Å². The molecule has 56 heavy (non-hydrogen) atoms. The summed E-state index contributed by atoms with van der Waals surface area (Å²) in [6, 6.07) is 8.18. The van der Waals surface area contributed by atoms with Crippen LogP contribution in [-0.4, -0.2) is 89.7 Å². The third kappa shape index (κ3) is 11.4. The number of nitrogen functional groups attached to an aromatic ring is 1. The molecule has 0 aromatic carbocycles. The fraction of sp³-hybridized carbons (Fsp3) is 0.718. The normalized spacial score (nSPS) is 24.5. The molecule has 0 amide bonds. The van der Waals surface area contributed by atoms with Crippen LogP contribution in [0.5, 0.6) is 5.88 Å². The topological polar surface area (TPSA) is 230 Å². The highest BCUT2D eigenvalue weighted by atomic mass is 31.2. The molecule has 0 bridgehead atoms. The number of hydrogen-bond acceptors (Lipinski definition) is 14. The van der Waals surface area contributed by atoms with Crippen LogP contribution in [0.15, 0.2) is 30.6 Å². The summed E-state index contributed by atoms with van der Waals surface area (Å²) in [5.74, 6) is 0.400. The van der Waals surface area contributed by atoms with Gasteiger partial charge in [-0.1, -0.05) is 103 Å². The number of hydrogen-bond donors (Lipinski definition) is 4. The van der Waals surface area contributed by atoms with E-state index in [9.17, 15) is 19.7 Å². The second-order valence-electron chi connectivity index (χ2n) is 15.2. The van der Waals surface area contributed by atoms with E-state index in [1.807, 2.05) is 6.07 Å². The average Bonchev–Trinajstić information content (AvgIpc) is 3.43. The number of rotatable bonds is 28. The minimum Gasteiger partial charge on any atom is -0.476 e. The molecule has 7 atom stereocenters. The van der Waals surface area contributed by atoms with Crippen LogP contribution in [0.4, 0.5) is 5.82 Å². The van der Waals surface area contributed by atoms with Gasteiger partial charge in [-0.3, -0.25) is 9.05 Å². The number of phosphoric acid groups is 1. The number of unbranched alkanes of at least 4 members (excludes halogenated alkanes) is 15. The van der Waals surface area contributed by atoms with Gasteiger partial charge in [0.25, 0.3) is 0 Å². The Bertz CT molecular complexity index is 1740. The molecule has 1 aliphatic carbocycles. The smallest absolute Gasteiger partial charge is 0.473 e. The highest BCUT2D eigenvalue weighted by Gasteiger charge is 2.82. The van der Waals surface area contributed by atoms with Crippen molar-refractivity contribution >= 4 is 19.2 Å². The number of phosphoric ester groups is 1. The van der Waals surface area contributed by atoms with E-state index >= 15 is 0 Å². The second kappa shape index (κ2) is 20.9. The van der Waals surface area contributed by atoms with Gasteiger partial charge in [-0.2, -0.15) is 10.4 Å². The predicted octanol–water partition coefficient (Wildman–Crippen LogP) is 6.31. The Labute approximate surface area is 329 Å². The van der Waals surface area contributed by atoms with Crippen LogP contribution in [0.25, 0.3) is 5.52 Å². The van der Waals surface area contributed by atoms with Crippen LogP contribution in [0, 0.1) is 11.3 Å². The maximum absolute atomic E-state index is 13.3. The van der Waals surface area contributed by atoms with Crippen molar-refractivity contribution in [2.75, 3.05) is 25.6 Å². The Hall–Kier alpha value is -3.26. The number of nitrogens with two attached hydrogens (primary N) is 1. The fourth-order valence-corrected chi connectivity index (χ4v) is 8.64. The molecule has 3 aromatic heterocycles. The van der Waals surface area contributed by atoms with Crippen molar-refractivity contribution in [2.45, 2.75) is 159 Å². The van der Waals surface area contributed by atoms with Gasteiger partial charge in [0.1, 0.15) is 41.8 Å². The Kier molecular flexibility index (Phi) is 16.4.